The number of hydrogen-bond acceptors (Lipinski definition) is 5. The number of para-hydroxylation sites is 1. The Morgan fingerprint density at radius 1 is 0.970 bits per heavy atom. The maximum Gasteiger partial charge on any atom is 0.513 e. The highest BCUT2D eigenvalue weighted by molar-refractivity contribution is 7.52. The summed E-state index contributed by atoms with van der Waals surface area (Å²) in [5, 5.41) is 2.12. The molecular formula is C21H23F5NO5P. The lowest BCUT2D eigenvalue weighted by Crippen LogP contribution is -2.37. The fourth-order valence-electron chi connectivity index (χ4n) is 2.26. The number of benzene rings is 2. The molecule has 2 aromatic carbocycles. The number of hydrogen-bond donors (Lipinski definition) is 1. The van der Waals surface area contributed by atoms with Crippen LogP contribution in [0.25, 0.3) is 0 Å². The molecule has 33 heavy (non-hydrogen) atoms. The van der Waals surface area contributed by atoms with Crippen molar-refractivity contribution in [1.82, 2.24) is 5.09 Å². The Hall–Kier alpha value is -2.65. The summed E-state index contributed by atoms with van der Waals surface area (Å²) in [6.45, 7) is 6.78. The SMILES string of the molecule is CCC(C)(C)COC(=O)[C@H](C)NP(=O)(Oc1ccccc1)Oc1c(F)c(F)c(F)c(F)c1F. The second kappa shape index (κ2) is 10.5. The van der Waals surface area contributed by atoms with Crippen molar-refractivity contribution in [2.24, 2.45) is 5.41 Å². The van der Waals surface area contributed by atoms with Crippen molar-refractivity contribution < 1.29 is 45.1 Å². The minimum absolute atomic E-state index is 0.0106. The molecule has 0 spiro atoms. The van der Waals surface area contributed by atoms with Crippen molar-refractivity contribution in [3.05, 3.63) is 59.4 Å². The van der Waals surface area contributed by atoms with Gasteiger partial charge in [0.25, 0.3) is 0 Å². The van der Waals surface area contributed by atoms with Crippen molar-refractivity contribution in [2.45, 2.75) is 40.2 Å². The summed E-state index contributed by atoms with van der Waals surface area (Å²) in [4.78, 5) is 12.3. The van der Waals surface area contributed by atoms with Gasteiger partial charge in [0.2, 0.25) is 34.8 Å². The largest absolute Gasteiger partial charge is 0.513 e. The number of ether oxygens (including phenoxy) is 1. The fraction of sp³-hybridized carbons (Fsp3) is 0.381. The highest BCUT2D eigenvalue weighted by Gasteiger charge is 2.38. The molecule has 6 nitrogen and oxygen atoms in total. The van der Waals surface area contributed by atoms with Crippen LogP contribution in [0.1, 0.15) is 34.1 Å². The standard InChI is InChI=1S/C21H23F5NO5P/c1-5-21(3,4)11-30-20(28)12(2)27-33(29,31-13-9-7-6-8-10-13)32-19-17(25)15(23)14(22)16(24)18(19)26/h6-10,12H,5,11H2,1-4H3,(H,27,29)/t12-,33?/m0/s1. The number of esters is 1. The minimum Gasteiger partial charge on any atom is -0.464 e. The lowest BCUT2D eigenvalue weighted by Gasteiger charge is -2.25. The summed E-state index contributed by atoms with van der Waals surface area (Å²) >= 11 is 0. The van der Waals surface area contributed by atoms with E-state index < -0.39 is 54.6 Å². The molecule has 0 aliphatic heterocycles. The average Bonchev–Trinajstić information content (AvgIpc) is 2.78. The van der Waals surface area contributed by atoms with Gasteiger partial charge in [-0.15, -0.1) is 0 Å². The molecule has 2 rings (SSSR count). The van der Waals surface area contributed by atoms with E-state index in [1.54, 1.807) is 6.07 Å². The molecular weight excluding hydrogens is 472 g/mol. The molecule has 182 valence electrons. The first-order chi connectivity index (χ1) is 15.3. The van der Waals surface area contributed by atoms with Gasteiger partial charge in [-0.25, -0.2) is 17.7 Å². The van der Waals surface area contributed by atoms with Crippen LogP contribution in [0.15, 0.2) is 30.3 Å². The van der Waals surface area contributed by atoms with Gasteiger partial charge in [0.15, 0.2) is 0 Å². The molecule has 0 saturated carbocycles. The summed E-state index contributed by atoms with van der Waals surface area (Å²) in [6, 6.07) is 5.68. The number of carbonyl (C=O) groups excluding carboxylic acids is 1. The first-order valence-corrected chi connectivity index (χ1v) is 11.3. The molecule has 1 N–H and O–H groups in total. The van der Waals surface area contributed by atoms with Crippen LogP contribution in [0, 0.1) is 34.5 Å². The third-order valence-electron chi connectivity index (χ3n) is 4.62. The average molecular weight is 495 g/mol. The highest BCUT2D eigenvalue weighted by Crippen LogP contribution is 2.47. The Balaban J connectivity index is 2.36. The van der Waals surface area contributed by atoms with Gasteiger partial charge in [0.05, 0.1) is 6.61 Å². The summed E-state index contributed by atoms with van der Waals surface area (Å²) < 4.78 is 97.0. The maximum atomic E-state index is 14.1. The van der Waals surface area contributed by atoms with E-state index in [9.17, 15) is 31.3 Å². The Bertz CT molecular complexity index is 1020. The molecule has 2 atom stereocenters. The van der Waals surface area contributed by atoms with Crippen molar-refractivity contribution in [3.63, 3.8) is 0 Å². The van der Waals surface area contributed by atoms with Gasteiger partial charge in [-0.05, 0) is 30.9 Å². The van der Waals surface area contributed by atoms with Crippen molar-refractivity contribution in [2.75, 3.05) is 6.61 Å². The van der Waals surface area contributed by atoms with E-state index in [4.69, 9.17) is 9.26 Å². The van der Waals surface area contributed by atoms with Crippen molar-refractivity contribution in [1.29, 1.82) is 0 Å². The molecule has 1 unspecified atom stereocenters. The topological polar surface area (TPSA) is 73.9 Å². The Morgan fingerprint density at radius 2 is 1.48 bits per heavy atom. The Kier molecular flexibility index (Phi) is 8.48. The van der Waals surface area contributed by atoms with Gasteiger partial charge in [0.1, 0.15) is 11.8 Å². The van der Waals surface area contributed by atoms with Crippen LogP contribution in [0.5, 0.6) is 11.5 Å². The third-order valence-corrected chi connectivity index (χ3v) is 6.20. The molecule has 0 amide bonds. The van der Waals surface area contributed by atoms with Crippen LogP contribution >= 0.6 is 7.75 Å². The van der Waals surface area contributed by atoms with Gasteiger partial charge in [-0.3, -0.25) is 4.79 Å². The van der Waals surface area contributed by atoms with Crippen LogP contribution in [0.2, 0.25) is 0 Å². The van der Waals surface area contributed by atoms with Crippen LogP contribution in [0.4, 0.5) is 22.0 Å². The zero-order chi connectivity index (χ0) is 25.0. The number of halogens is 5. The lowest BCUT2D eigenvalue weighted by atomic mass is 9.92. The third kappa shape index (κ3) is 6.68. The highest BCUT2D eigenvalue weighted by atomic mass is 31.2. The second-order valence-electron chi connectivity index (χ2n) is 7.87. The summed E-state index contributed by atoms with van der Waals surface area (Å²) in [7, 11) is -4.94. The zero-order valence-corrected chi connectivity index (χ0v) is 19.2. The normalized spacial score (nSPS) is 14.3. The van der Waals surface area contributed by atoms with Crippen LogP contribution in [-0.2, 0) is 14.1 Å². The fourth-order valence-corrected chi connectivity index (χ4v) is 3.78. The molecule has 0 aliphatic rings. The Labute approximate surface area is 187 Å². The van der Waals surface area contributed by atoms with E-state index in [-0.39, 0.29) is 17.8 Å². The lowest BCUT2D eigenvalue weighted by molar-refractivity contribution is -0.148. The van der Waals surface area contributed by atoms with Crippen LogP contribution < -0.4 is 14.1 Å². The molecule has 0 aliphatic carbocycles. The van der Waals surface area contributed by atoms with E-state index in [2.05, 4.69) is 9.61 Å². The van der Waals surface area contributed by atoms with Gasteiger partial charge in [-0.1, -0.05) is 39.0 Å². The van der Waals surface area contributed by atoms with E-state index >= 15 is 0 Å². The molecule has 0 fully saturated rings. The smallest absolute Gasteiger partial charge is 0.464 e. The first kappa shape index (κ1) is 26.6. The van der Waals surface area contributed by atoms with Crippen LogP contribution in [-0.4, -0.2) is 18.6 Å². The monoisotopic (exact) mass is 495 g/mol. The zero-order valence-electron chi connectivity index (χ0n) is 18.3. The van der Waals surface area contributed by atoms with Gasteiger partial charge >= 0.3 is 13.7 Å². The predicted octanol–water partition coefficient (Wildman–Crippen LogP) is 5.91. The quantitative estimate of drug-likeness (QED) is 0.145. The van der Waals surface area contributed by atoms with Crippen molar-refractivity contribution in [3.8, 4) is 11.5 Å². The van der Waals surface area contributed by atoms with Gasteiger partial charge in [-0.2, -0.15) is 13.9 Å². The van der Waals surface area contributed by atoms with Gasteiger partial charge in [0, 0.05) is 0 Å². The molecule has 0 radical (unpaired) electrons. The maximum absolute atomic E-state index is 14.1. The molecule has 12 heteroatoms. The molecule has 2 aromatic rings. The second-order valence-corrected chi connectivity index (χ2v) is 9.49. The van der Waals surface area contributed by atoms with Gasteiger partial charge < -0.3 is 13.8 Å². The molecule has 0 bridgehead atoms. The Morgan fingerprint density at radius 3 is 2.00 bits per heavy atom. The van der Waals surface area contributed by atoms with Crippen molar-refractivity contribution >= 4 is 13.7 Å². The minimum atomic E-state index is -4.94. The predicted molar refractivity (Wildman–Crippen MR) is 109 cm³/mol. The molecule has 0 aromatic heterocycles. The summed E-state index contributed by atoms with van der Waals surface area (Å²) in [6.07, 6.45) is 0.682. The van der Waals surface area contributed by atoms with E-state index in [1.165, 1.54) is 31.2 Å². The summed E-state index contributed by atoms with van der Waals surface area (Å²) in [5.41, 5.74) is -0.356. The first-order valence-electron chi connectivity index (χ1n) is 9.80. The molecule has 0 saturated heterocycles. The summed E-state index contributed by atoms with van der Waals surface area (Å²) in [5.74, 6) is -14.6. The van der Waals surface area contributed by atoms with E-state index in [1.807, 2.05) is 20.8 Å². The molecule has 0 heterocycles. The van der Waals surface area contributed by atoms with Crippen LogP contribution in [0.3, 0.4) is 0 Å². The number of rotatable bonds is 10. The number of nitrogens with one attached hydrogen (secondary N) is 1. The van der Waals surface area contributed by atoms with E-state index in [0.29, 0.717) is 6.42 Å². The van der Waals surface area contributed by atoms with E-state index in [0.717, 1.165) is 0 Å². The number of carbonyl (C=O) groups is 1.